The van der Waals surface area contributed by atoms with Gasteiger partial charge in [0.1, 0.15) is 6.10 Å². The lowest BCUT2D eigenvalue weighted by Gasteiger charge is -2.16. The Labute approximate surface area is 111 Å². The third kappa shape index (κ3) is 2.54. The van der Waals surface area contributed by atoms with Gasteiger partial charge in [-0.1, -0.05) is 29.3 Å². The fourth-order valence-electron chi connectivity index (χ4n) is 2.24. The van der Waals surface area contributed by atoms with Crippen molar-refractivity contribution in [3.8, 4) is 0 Å². The molecule has 1 N–H and O–H groups in total. The van der Waals surface area contributed by atoms with Gasteiger partial charge in [-0.2, -0.15) is 0 Å². The molecule has 0 bridgehead atoms. The maximum atomic E-state index is 10.4. The Morgan fingerprint density at radius 2 is 1.71 bits per heavy atom. The van der Waals surface area contributed by atoms with Gasteiger partial charge in [0, 0.05) is 4.88 Å². The number of hydrogen-bond acceptors (Lipinski definition) is 2. The van der Waals surface area contributed by atoms with Crippen LogP contribution in [-0.4, -0.2) is 5.11 Å². The predicted molar refractivity (Wildman–Crippen MR) is 74.0 cm³/mol. The Morgan fingerprint density at radius 3 is 2.18 bits per heavy atom. The number of aliphatic hydroxyl groups excluding tert-OH is 1. The first-order chi connectivity index (χ1) is 7.99. The minimum absolute atomic E-state index is 0.576. The molecule has 0 radical (unpaired) electrons. The van der Waals surface area contributed by atoms with Crippen LogP contribution < -0.4 is 0 Å². The third-order valence-electron chi connectivity index (χ3n) is 2.87. The topological polar surface area (TPSA) is 20.2 Å². The number of aryl methyl sites for hydroxylation is 3. The lowest BCUT2D eigenvalue weighted by molar-refractivity contribution is 0.222. The summed E-state index contributed by atoms with van der Waals surface area (Å²) in [6.45, 7) is 6.14. The first kappa shape index (κ1) is 12.6. The molecule has 2 aromatic rings. The molecule has 0 aliphatic carbocycles. The SMILES string of the molecule is Cc1cc(C)c(C(O)c2ccc(Cl)s2)c(C)c1. The molecule has 1 aromatic carbocycles. The van der Waals surface area contributed by atoms with Crippen LogP contribution in [0.1, 0.15) is 33.2 Å². The molecule has 1 heterocycles. The first-order valence-corrected chi connectivity index (χ1v) is 6.69. The summed E-state index contributed by atoms with van der Waals surface area (Å²) < 4.78 is 0.710. The molecule has 3 heteroatoms. The smallest absolute Gasteiger partial charge is 0.114 e. The Bertz CT molecular complexity index is 522. The van der Waals surface area contributed by atoms with Crippen molar-refractivity contribution in [3.63, 3.8) is 0 Å². The minimum atomic E-state index is -0.576. The predicted octanol–water partition coefficient (Wildman–Crippen LogP) is 4.41. The van der Waals surface area contributed by atoms with Crippen molar-refractivity contribution >= 4 is 22.9 Å². The number of rotatable bonds is 2. The van der Waals surface area contributed by atoms with Gasteiger partial charge in [0.15, 0.2) is 0 Å². The highest BCUT2D eigenvalue weighted by atomic mass is 35.5. The zero-order chi connectivity index (χ0) is 12.6. The Balaban J connectivity index is 2.47. The monoisotopic (exact) mass is 266 g/mol. The molecule has 17 heavy (non-hydrogen) atoms. The molecular formula is C14H15ClOS. The maximum absolute atomic E-state index is 10.4. The molecule has 0 aliphatic rings. The summed E-state index contributed by atoms with van der Waals surface area (Å²) in [5, 5.41) is 10.4. The summed E-state index contributed by atoms with van der Waals surface area (Å²) in [7, 11) is 0. The van der Waals surface area contributed by atoms with Crippen molar-refractivity contribution < 1.29 is 5.11 Å². The van der Waals surface area contributed by atoms with E-state index in [1.54, 1.807) is 0 Å². The molecule has 90 valence electrons. The second kappa shape index (κ2) is 4.81. The van der Waals surface area contributed by atoms with Gasteiger partial charge in [-0.25, -0.2) is 0 Å². The standard InChI is InChI=1S/C14H15ClOS/c1-8-6-9(2)13(10(3)7-8)14(16)11-4-5-12(15)17-11/h4-7,14,16H,1-3H3. The molecular weight excluding hydrogens is 252 g/mol. The molecule has 0 saturated heterocycles. The average Bonchev–Trinajstić information content (AvgIpc) is 2.63. The molecule has 0 fully saturated rings. The van der Waals surface area contributed by atoms with E-state index in [9.17, 15) is 5.11 Å². The van der Waals surface area contributed by atoms with Crippen LogP contribution in [0.4, 0.5) is 0 Å². The third-order valence-corrected chi connectivity index (χ3v) is 4.16. The van der Waals surface area contributed by atoms with Gasteiger partial charge >= 0.3 is 0 Å². The van der Waals surface area contributed by atoms with E-state index in [1.807, 2.05) is 26.0 Å². The fraction of sp³-hybridized carbons (Fsp3) is 0.286. The van der Waals surface area contributed by atoms with Crippen molar-refractivity contribution in [2.24, 2.45) is 0 Å². The number of halogens is 1. The quantitative estimate of drug-likeness (QED) is 0.854. The van der Waals surface area contributed by atoms with E-state index in [2.05, 4.69) is 19.1 Å². The first-order valence-electron chi connectivity index (χ1n) is 5.50. The van der Waals surface area contributed by atoms with Crippen LogP contribution in [0.25, 0.3) is 0 Å². The van der Waals surface area contributed by atoms with Crippen LogP contribution in [0.15, 0.2) is 24.3 Å². The van der Waals surface area contributed by atoms with Crippen LogP contribution in [0, 0.1) is 20.8 Å². The molecule has 1 nitrogen and oxygen atoms in total. The van der Waals surface area contributed by atoms with Crippen molar-refractivity contribution in [1.82, 2.24) is 0 Å². The second-order valence-corrected chi connectivity index (χ2v) is 6.10. The minimum Gasteiger partial charge on any atom is -0.383 e. The van der Waals surface area contributed by atoms with Crippen LogP contribution >= 0.6 is 22.9 Å². The molecule has 1 unspecified atom stereocenters. The Hall–Kier alpha value is -0.830. The second-order valence-electron chi connectivity index (χ2n) is 4.36. The highest BCUT2D eigenvalue weighted by molar-refractivity contribution is 7.16. The van der Waals surface area contributed by atoms with Crippen molar-refractivity contribution in [2.45, 2.75) is 26.9 Å². The van der Waals surface area contributed by atoms with E-state index in [0.717, 1.165) is 21.6 Å². The maximum Gasteiger partial charge on any atom is 0.114 e. The van der Waals surface area contributed by atoms with Gasteiger partial charge in [-0.15, -0.1) is 11.3 Å². The largest absolute Gasteiger partial charge is 0.383 e. The average molecular weight is 267 g/mol. The van der Waals surface area contributed by atoms with E-state index < -0.39 is 6.10 Å². The molecule has 1 aromatic heterocycles. The normalized spacial score (nSPS) is 12.8. The zero-order valence-electron chi connectivity index (χ0n) is 10.1. The van der Waals surface area contributed by atoms with Crippen LogP contribution in [0.3, 0.4) is 0 Å². The number of hydrogen-bond donors (Lipinski definition) is 1. The molecule has 0 saturated carbocycles. The lowest BCUT2D eigenvalue weighted by Crippen LogP contribution is -2.03. The Morgan fingerprint density at radius 1 is 1.12 bits per heavy atom. The van der Waals surface area contributed by atoms with Gasteiger partial charge in [0.2, 0.25) is 0 Å². The number of aliphatic hydroxyl groups is 1. The van der Waals surface area contributed by atoms with Crippen molar-refractivity contribution in [2.75, 3.05) is 0 Å². The number of benzene rings is 1. The highest BCUT2D eigenvalue weighted by Crippen LogP contribution is 2.34. The van der Waals surface area contributed by atoms with Gasteiger partial charge < -0.3 is 5.11 Å². The van der Waals surface area contributed by atoms with Gasteiger partial charge in [0.05, 0.1) is 4.34 Å². The summed E-state index contributed by atoms with van der Waals surface area (Å²) in [5.41, 5.74) is 4.47. The highest BCUT2D eigenvalue weighted by Gasteiger charge is 2.17. The van der Waals surface area contributed by atoms with Crippen molar-refractivity contribution in [1.29, 1.82) is 0 Å². The van der Waals surface area contributed by atoms with Gasteiger partial charge in [-0.3, -0.25) is 0 Å². The van der Waals surface area contributed by atoms with E-state index in [1.165, 1.54) is 16.9 Å². The molecule has 0 aliphatic heterocycles. The van der Waals surface area contributed by atoms with Crippen LogP contribution in [-0.2, 0) is 0 Å². The Kier molecular flexibility index (Phi) is 3.57. The van der Waals surface area contributed by atoms with Crippen molar-refractivity contribution in [3.05, 3.63) is 55.7 Å². The van der Waals surface area contributed by atoms with Gasteiger partial charge in [-0.05, 0) is 49.6 Å². The number of thiophene rings is 1. The molecule has 0 amide bonds. The van der Waals surface area contributed by atoms with E-state index in [0.29, 0.717) is 4.34 Å². The van der Waals surface area contributed by atoms with E-state index >= 15 is 0 Å². The summed E-state index contributed by atoms with van der Waals surface area (Å²) in [6, 6.07) is 7.90. The van der Waals surface area contributed by atoms with E-state index in [-0.39, 0.29) is 0 Å². The summed E-state index contributed by atoms with van der Waals surface area (Å²) in [4.78, 5) is 0.894. The lowest BCUT2D eigenvalue weighted by atomic mass is 9.95. The van der Waals surface area contributed by atoms with Crippen LogP contribution in [0.5, 0.6) is 0 Å². The molecule has 1 atom stereocenters. The zero-order valence-corrected chi connectivity index (χ0v) is 11.7. The summed E-state index contributed by atoms with van der Waals surface area (Å²) in [5.74, 6) is 0. The fourth-order valence-corrected chi connectivity index (χ4v) is 3.30. The van der Waals surface area contributed by atoms with Gasteiger partial charge in [0.25, 0.3) is 0 Å². The van der Waals surface area contributed by atoms with Crippen LogP contribution in [0.2, 0.25) is 4.34 Å². The molecule has 2 rings (SSSR count). The molecule has 0 spiro atoms. The van der Waals surface area contributed by atoms with E-state index in [4.69, 9.17) is 11.6 Å². The summed E-state index contributed by atoms with van der Waals surface area (Å²) >= 11 is 7.33. The summed E-state index contributed by atoms with van der Waals surface area (Å²) in [6.07, 6.45) is -0.576.